The minimum atomic E-state index is 0. The van der Waals surface area contributed by atoms with Crippen LogP contribution in [0.4, 0.5) is 0 Å². The normalized spacial score (nSPS) is 16.4. The molecule has 1 aliphatic carbocycles. The highest BCUT2D eigenvalue weighted by atomic mass is 35.5. The van der Waals surface area contributed by atoms with Crippen LogP contribution in [0.25, 0.3) is 0 Å². The third-order valence-corrected chi connectivity index (χ3v) is 4.84. The van der Waals surface area contributed by atoms with Crippen LogP contribution in [0.3, 0.4) is 0 Å². The maximum Gasteiger partial charge on any atom is 0.0595 e. The number of ether oxygens (including phenoxy) is 1. The average Bonchev–Trinajstić information content (AvgIpc) is 2.35. The molecule has 0 radical (unpaired) electrons. The van der Waals surface area contributed by atoms with Crippen LogP contribution in [0.2, 0.25) is 10.0 Å². The molecule has 1 fully saturated rings. The lowest BCUT2D eigenvalue weighted by Gasteiger charge is -2.43. The van der Waals surface area contributed by atoms with E-state index < -0.39 is 0 Å². The lowest BCUT2D eigenvalue weighted by atomic mass is 9.62. The molecular weight excluding hydrogens is 317 g/mol. The Morgan fingerprint density at radius 1 is 1.20 bits per heavy atom. The first-order valence-corrected chi connectivity index (χ1v) is 7.59. The predicted octanol–water partition coefficient (Wildman–Crippen LogP) is 4.46. The van der Waals surface area contributed by atoms with Gasteiger partial charge in [-0.2, -0.15) is 0 Å². The van der Waals surface area contributed by atoms with Gasteiger partial charge < -0.3 is 10.1 Å². The zero-order chi connectivity index (χ0) is 13.7. The average molecular weight is 339 g/mol. The van der Waals surface area contributed by atoms with Crippen LogP contribution in [0.5, 0.6) is 0 Å². The van der Waals surface area contributed by atoms with Gasteiger partial charge in [-0.25, -0.2) is 0 Å². The highest BCUT2D eigenvalue weighted by molar-refractivity contribution is 6.42. The summed E-state index contributed by atoms with van der Waals surface area (Å²) in [7, 11) is 1.73. The molecule has 0 heterocycles. The Balaban J connectivity index is 0.00000200. The van der Waals surface area contributed by atoms with Gasteiger partial charge in [0.1, 0.15) is 0 Å². The van der Waals surface area contributed by atoms with E-state index in [1.165, 1.54) is 24.8 Å². The molecule has 0 amide bonds. The molecule has 114 valence electrons. The van der Waals surface area contributed by atoms with Gasteiger partial charge in [-0.1, -0.05) is 35.7 Å². The molecular formula is C15H22Cl3NO. The molecule has 1 saturated carbocycles. The van der Waals surface area contributed by atoms with E-state index in [9.17, 15) is 0 Å². The summed E-state index contributed by atoms with van der Waals surface area (Å²) in [4.78, 5) is 0. The number of nitrogens with one attached hydrogen (secondary N) is 1. The van der Waals surface area contributed by atoms with E-state index in [2.05, 4.69) is 11.4 Å². The Kier molecular flexibility index (Phi) is 7.63. The molecule has 1 N–H and O–H groups in total. The fraction of sp³-hybridized carbons (Fsp3) is 0.600. The molecule has 20 heavy (non-hydrogen) atoms. The van der Waals surface area contributed by atoms with E-state index in [1.54, 1.807) is 7.11 Å². The third kappa shape index (κ3) is 4.25. The van der Waals surface area contributed by atoms with Crippen molar-refractivity contribution < 1.29 is 4.74 Å². The Bertz CT molecular complexity index is 422. The molecule has 1 aliphatic rings. The van der Waals surface area contributed by atoms with Crippen molar-refractivity contribution in [3.8, 4) is 0 Å². The molecule has 0 saturated heterocycles. The Morgan fingerprint density at radius 2 is 1.95 bits per heavy atom. The van der Waals surface area contributed by atoms with Gasteiger partial charge in [-0.3, -0.25) is 0 Å². The van der Waals surface area contributed by atoms with Gasteiger partial charge >= 0.3 is 0 Å². The maximum absolute atomic E-state index is 6.14. The first-order chi connectivity index (χ1) is 9.18. The molecule has 0 atom stereocenters. The summed E-state index contributed by atoms with van der Waals surface area (Å²) in [6.45, 7) is 2.69. The van der Waals surface area contributed by atoms with Gasteiger partial charge in [0.2, 0.25) is 0 Å². The van der Waals surface area contributed by atoms with Crippen molar-refractivity contribution in [3.63, 3.8) is 0 Å². The molecule has 0 spiro atoms. The van der Waals surface area contributed by atoms with Gasteiger partial charge in [-0.05, 0) is 48.9 Å². The summed E-state index contributed by atoms with van der Waals surface area (Å²) < 4.78 is 5.03. The van der Waals surface area contributed by atoms with Crippen molar-refractivity contribution in [1.82, 2.24) is 5.32 Å². The minimum Gasteiger partial charge on any atom is -0.383 e. The lowest BCUT2D eigenvalue weighted by Crippen LogP contribution is -2.37. The van der Waals surface area contributed by atoms with Crippen LogP contribution in [-0.2, 0) is 10.2 Å². The molecule has 0 bridgehead atoms. The summed E-state index contributed by atoms with van der Waals surface area (Å²) in [5.41, 5.74) is 1.63. The Morgan fingerprint density at radius 3 is 2.50 bits per heavy atom. The molecule has 0 aromatic heterocycles. The second-order valence-corrected chi connectivity index (χ2v) is 6.07. The molecule has 1 aromatic rings. The van der Waals surface area contributed by atoms with Gasteiger partial charge in [0, 0.05) is 13.7 Å². The number of hydrogen-bond acceptors (Lipinski definition) is 2. The van der Waals surface area contributed by atoms with Gasteiger partial charge in [0.05, 0.1) is 16.7 Å². The summed E-state index contributed by atoms with van der Waals surface area (Å²) in [5.74, 6) is 0. The molecule has 1 aromatic carbocycles. The van der Waals surface area contributed by atoms with E-state index in [0.717, 1.165) is 26.1 Å². The molecule has 2 rings (SSSR count). The second kappa shape index (κ2) is 8.45. The van der Waals surface area contributed by atoms with E-state index in [0.29, 0.717) is 15.5 Å². The number of benzene rings is 1. The smallest absolute Gasteiger partial charge is 0.0595 e. The number of rotatable bonds is 7. The van der Waals surface area contributed by atoms with Crippen molar-refractivity contribution in [1.29, 1.82) is 0 Å². The van der Waals surface area contributed by atoms with E-state index >= 15 is 0 Å². The van der Waals surface area contributed by atoms with Crippen LogP contribution >= 0.6 is 35.6 Å². The summed E-state index contributed by atoms with van der Waals surface area (Å²) in [6, 6.07) is 6.08. The van der Waals surface area contributed by atoms with E-state index in [1.807, 2.05) is 12.1 Å². The topological polar surface area (TPSA) is 21.3 Å². The second-order valence-electron chi connectivity index (χ2n) is 5.26. The summed E-state index contributed by atoms with van der Waals surface area (Å²) in [5, 5.41) is 4.72. The van der Waals surface area contributed by atoms with Crippen LogP contribution < -0.4 is 5.32 Å². The van der Waals surface area contributed by atoms with E-state index in [-0.39, 0.29) is 12.4 Å². The standard InChI is InChI=1S/C15H21Cl2NO.ClH/c1-19-10-9-18-8-7-15(5-2-6-15)12-3-4-13(16)14(17)11-12;/h3-4,11,18H,2,5-10H2,1H3;1H. The van der Waals surface area contributed by atoms with Crippen molar-refractivity contribution in [2.75, 3.05) is 26.8 Å². The zero-order valence-electron chi connectivity index (χ0n) is 11.8. The SMILES string of the molecule is COCCNCCC1(c2ccc(Cl)c(Cl)c2)CCC1.Cl. The predicted molar refractivity (Wildman–Crippen MR) is 88.6 cm³/mol. The fourth-order valence-electron chi connectivity index (χ4n) is 2.74. The van der Waals surface area contributed by atoms with Crippen LogP contribution in [-0.4, -0.2) is 26.8 Å². The highest BCUT2D eigenvalue weighted by Crippen LogP contribution is 2.47. The molecule has 0 unspecified atom stereocenters. The number of halogens is 3. The highest BCUT2D eigenvalue weighted by Gasteiger charge is 2.38. The van der Waals surface area contributed by atoms with Gasteiger partial charge in [0.15, 0.2) is 0 Å². The Labute approximate surface area is 137 Å². The Hall–Kier alpha value is 0.01000. The maximum atomic E-state index is 6.14. The zero-order valence-corrected chi connectivity index (χ0v) is 14.1. The molecule has 5 heteroatoms. The monoisotopic (exact) mass is 337 g/mol. The number of methoxy groups -OCH3 is 1. The number of hydrogen-bond donors (Lipinski definition) is 1. The quantitative estimate of drug-likeness (QED) is 0.741. The first kappa shape index (κ1) is 18.1. The molecule has 0 aliphatic heterocycles. The van der Waals surface area contributed by atoms with Crippen molar-refractivity contribution >= 4 is 35.6 Å². The fourth-order valence-corrected chi connectivity index (χ4v) is 3.04. The largest absolute Gasteiger partial charge is 0.383 e. The third-order valence-electron chi connectivity index (χ3n) is 4.11. The van der Waals surface area contributed by atoms with Crippen molar-refractivity contribution in [2.45, 2.75) is 31.1 Å². The van der Waals surface area contributed by atoms with Crippen molar-refractivity contribution in [3.05, 3.63) is 33.8 Å². The van der Waals surface area contributed by atoms with Gasteiger partial charge in [0.25, 0.3) is 0 Å². The first-order valence-electron chi connectivity index (χ1n) is 6.83. The van der Waals surface area contributed by atoms with Gasteiger partial charge in [-0.15, -0.1) is 12.4 Å². The lowest BCUT2D eigenvalue weighted by molar-refractivity contribution is 0.191. The van der Waals surface area contributed by atoms with Crippen LogP contribution in [0.15, 0.2) is 18.2 Å². The minimum absolute atomic E-state index is 0. The summed E-state index contributed by atoms with van der Waals surface area (Å²) >= 11 is 12.1. The summed E-state index contributed by atoms with van der Waals surface area (Å²) in [6.07, 6.45) is 4.95. The van der Waals surface area contributed by atoms with Crippen molar-refractivity contribution in [2.24, 2.45) is 0 Å². The van der Waals surface area contributed by atoms with Crippen LogP contribution in [0, 0.1) is 0 Å². The molecule has 2 nitrogen and oxygen atoms in total. The van der Waals surface area contributed by atoms with E-state index in [4.69, 9.17) is 27.9 Å². The van der Waals surface area contributed by atoms with Crippen LogP contribution in [0.1, 0.15) is 31.2 Å².